The van der Waals surface area contributed by atoms with Gasteiger partial charge in [-0.25, -0.2) is 8.42 Å². The van der Waals surface area contributed by atoms with Crippen LogP contribution >= 0.6 is 0 Å². The third-order valence-corrected chi connectivity index (χ3v) is 4.32. The minimum absolute atomic E-state index is 0.366. The normalized spacial score (nSPS) is 15.3. The van der Waals surface area contributed by atoms with Crippen molar-refractivity contribution in [3.63, 3.8) is 0 Å². The molecule has 1 aliphatic heterocycles. The second kappa shape index (κ2) is 7.01. The molecule has 26 heavy (non-hydrogen) atoms. The van der Waals surface area contributed by atoms with Crippen LogP contribution in [-0.4, -0.2) is 26.5 Å². The Balaban J connectivity index is 1.77. The Morgan fingerprint density at radius 1 is 1.00 bits per heavy atom. The maximum absolute atomic E-state index is 12.1. The maximum atomic E-state index is 12.1. The number of benzene rings is 2. The van der Waals surface area contributed by atoms with E-state index in [2.05, 4.69) is 15.4 Å². The molecule has 1 heterocycles. The van der Waals surface area contributed by atoms with E-state index < -0.39 is 21.8 Å². The van der Waals surface area contributed by atoms with Crippen LogP contribution in [0, 0.1) is 0 Å². The molecule has 0 saturated heterocycles. The van der Waals surface area contributed by atoms with Gasteiger partial charge in [0.2, 0.25) is 10.0 Å². The molecule has 0 spiro atoms. The molecular weight excluding hydrogens is 354 g/mol. The average molecular weight is 371 g/mol. The molecular formula is C18H17N3O4S. The smallest absolute Gasteiger partial charge is 0.260 e. The van der Waals surface area contributed by atoms with Crippen molar-refractivity contribution in [2.45, 2.75) is 6.54 Å². The summed E-state index contributed by atoms with van der Waals surface area (Å²) in [6, 6.07) is 13.8. The number of rotatable bonds is 5. The lowest BCUT2D eigenvalue weighted by molar-refractivity contribution is -0.114. The predicted molar refractivity (Wildman–Crippen MR) is 98.6 cm³/mol. The van der Waals surface area contributed by atoms with Crippen LogP contribution in [0.5, 0.6) is 0 Å². The van der Waals surface area contributed by atoms with Gasteiger partial charge in [-0.05, 0) is 23.8 Å². The highest BCUT2D eigenvalue weighted by atomic mass is 32.2. The lowest BCUT2D eigenvalue weighted by Gasteiger charge is -2.18. The highest BCUT2D eigenvalue weighted by Crippen LogP contribution is 2.23. The number of amides is 2. The molecule has 0 aliphatic carbocycles. The molecule has 134 valence electrons. The second-order valence-corrected chi connectivity index (χ2v) is 7.59. The first-order valence-corrected chi connectivity index (χ1v) is 9.68. The SMILES string of the molecule is CS(=O)(=O)Nc1cccc(CN/C=C2\C(=O)NC(=O)c3ccccc32)c1. The first kappa shape index (κ1) is 17.7. The Morgan fingerprint density at radius 2 is 1.73 bits per heavy atom. The highest BCUT2D eigenvalue weighted by molar-refractivity contribution is 7.92. The van der Waals surface area contributed by atoms with Gasteiger partial charge in [0.25, 0.3) is 11.8 Å². The Labute approximate surface area is 151 Å². The summed E-state index contributed by atoms with van der Waals surface area (Å²) in [6.07, 6.45) is 2.64. The van der Waals surface area contributed by atoms with Gasteiger partial charge in [-0.1, -0.05) is 30.3 Å². The third kappa shape index (κ3) is 4.09. The molecule has 0 aromatic heterocycles. The Kier molecular flexibility index (Phi) is 4.77. The van der Waals surface area contributed by atoms with Crippen molar-refractivity contribution in [3.8, 4) is 0 Å². The lowest BCUT2D eigenvalue weighted by atomic mass is 9.96. The predicted octanol–water partition coefficient (Wildman–Crippen LogP) is 1.46. The van der Waals surface area contributed by atoms with Gasteiger partial charge in [0.05, 0.1) is 11.8 Å². The zero-order valence-corrected chi connectivity index (χ0v) is 14.8. The van der Waals surface area contributed by atoms with Gasteiger partial charge in [0, 0.05) is 29.6 Å². The van der Waals surface area contributed by atoms with Gasteiger partial charge in [0.15, 0.2) is 0 Å². The molecule has 0 radical (unpaired) electrons. The molecule has 0 saturated carbocycles. The maximum Gasteiger partial charge on any atom is 0.260 e. The molecule has 0 atom stereocenters. The van der Waals surface area contributed by atoms with Crippen LogP contribution in [0.15, 0.2) is 54.7 Å². The Hall–Kier alpha value is -3.13. The van der Waals surface area contributed by atoms with E-state index in [0.29, 0.717) is 28.9 Å². The molecule has 2 aromatic carbocycles. The molecule has 8 heteroatoms. The zero-order valence-electron chi connectivity index (χ0n) is 13.9. The monoisotopic (exact) mass is 371 g/mol. The first-order chi connectivity index (χ1) is 12.3. The van der Waals surface area contributed by atoms with E-state index in [0.717, 1.165) is 11.8 Å². The van der Waals surface area contributed by atoms with E-state index in [9.17, 15) is 18.0 Å². The van der Waals surface area contributed by atoms with E-state index in [-0.39, 0.29) is 0 Å². The number of carbonyl (C=O) groups excluding carboxylic acids is 2. The number of sulfonamides is 1. The molecule has 0 unspecified atom stereocenters. The fraction of sp³-hybridized carbons (Fsp3) is 0.111. The van der Waals surface area contributed by atoms with Crippen LogP contribution < -0.4 is 15.4 Å². The van der Waals surface area contributed by atoms with Crippen LogP contribution in [0.3, 0.4) is 0 Å². The minimum atomic E-state index is -3.34. The van der Waals surface area contributed by atoms with Crippen LogP contribution in [0.1, 0.15) is 21.5 Å². The van der Waals surface area contributed by atoms with E-state index in [1.165, 1.54) is 0 Å². The van der Waals surface area contributed by atoms with Gasteiger partial charge < -0.3 is 5.32 Å². The number of hydrogen-bond acceptors (Lipinski definition) is 5. The second-order valence-electron chi connectivity index (χ2n) is 5.84. The summed E-state index contributed by atoms with van der Waals surface area (Å²) in [6.45, 7) is 0.381. The van der Waals surface area contributed by atoms with Crippen LogP contribution in [0.2, 0.25) is 0 Å². The van der Waals surface area contributed by atoms with Gasteiger partial charge >= 0.3 is 0 Å². The van der Waals surface area contributed by atoms with Crippen molar-refractivity contribution in [1.29, 1.82) is 0 Å². The summed E-state index contributed by atoms with van der Waals surface area (Å²) in [5.74, 6) is -0.879. The van der Waals surface area contributed by atoms with Crippen LogP contribution in [0.25, 0.3) is 5.57 Å². The van der Waals surface area contributed by atoms with Crippen molar-refractivity contribution in [1.82, 2.24) is 10.6 Å². The van der Waals surface area contributed by atoms with Crippen molar-refractivity contribution in [2.24, 2.45) is 0 Å². The molecule has 2 amide bonds. The first-order valence-electron chi connectivity index (χ1n) is 7.79. The molecule has 2 aromatic rings. The van der Waals surface area contributed by atoms with Gasteiger partial charge in [-0.2, -0.15) is 0 Å². The molecule has 0 bridgehead atoms. The Bertz CT molecular complexity index is 1010. The number of imide groups is 1. The van der Waals surface area contributed by atoms with Crippen molar-refractivity contribution in [2.75, 3.05) is 11.0 Å². The largest absolute Gasteiger partial charge is 0.386 e. The van der Waals surface area contributed by atoms with Crippen LogP contribution in [0.4, 0.5) is 5.69 Å². The van der Waals surface area contributed by atoms with E-state index in [1.807, 2.05) is 6.07 Å². The molecule has 3 rings (SSSR count). The number of fused-ring (bicyclic) bond motifs is 1. The third-order valence-electron chi connectivity index (χ3n) is 3.72. The fourth-order valence-corrected chi connectivity index (χ4v) is 3.20. The molecule has 0 fully saturated rings. The minimum Gasteiger partial charge on any atom is -0.386 e. The number of hydrogen-bond donors (Lipinski definition) is 3. The summed E-state index contributed by atoms with van der Waals surface area (Å²) in [5.41, 5.74) is 2.67. The summed E-state index contributed by atoms with van der Waals surface area (Å²) in [4.78, 5) is 24.0. The number of carbonyl (C=O) groups is 2. The molecule has 7 nitrogen and oxygen atoms in total. The van der Waals surface area contributed by atoms with Crippen molar-refractivity contribution in [3.05, 3.63) is 71.4 Å². The standard InChI is InChI=1S/C18H17N3O4S/c1-26(24,25)21-13-6-4-5-12(9-13)10-19-11-16-14-7-2-3-8-15(14)17(22)20-18(16)23/h2-9,11,19,21H,10H2,1H3,(H,20,22,23)/b16-11-. The van der Waals surface area contributed by atoms with Gasteiger partial charge in [-0.3, -0.25) is 19.6 Å². The van der Waals surface area contributed by atoms with Crippen LogP contribution in [-0.2, 0) is 21.4 Å². The topological polar surface area (TPSA) is 104 Å². The number of anilines is 1. The highest BCUT2D eigenvalue weighted by Gasteiger charge is 2.26. The summed E-state index contributed by atoms with van der Waals surface area (Å²) in [7, 11) is -3.34. The Morgan fingerprint density at radius 3 is 2.46 bits per heavy atom. The fourth-order valence-electron chi connectivity index (χ4n) is 2.65. The zero-order chi connectivity index (χ0) is 18.7. The summed E-state index contributed by atoms with van der Waals surface area (Å²) in [5, 5.41) is 5.34. The van der Waals surface area contributed by atoms with Crippen molar-refractivity contribution >= 4 is 33.1 Å². The van der Waals surface area contributed by atoms with Gasteiger partial charge in [-0.15, -0.1) is 0 Å². The average Bonchev–Trinajstić information content (AvgIpc) is 2.57. The lowest BCUT2D eigenvalue weighted by Crippen LogP contribution is -2.36. The molecule has 3 N–H and O–H groups in total. The van der Waals surface area contributed by atoms with E-state index in [1.54, 1.807) is 48.7 Å². The number of nitrogens with one attached hydrogen (secondary N) is 3. The summed E-state index contributed by atoms with van der Waals surface area (Å²) >= 11 is 0. The van der Waals surface area contributed by atoms with E-state index >= 15 is 0 Å². The molecule has 1 aliphatic rings. The quantitative estimate of drug-likeness (QED) is 0.545. The van der Waals surface area contributed by atoms with Crippen molar-refractivity contribution < 1.29 is 18.0 Å². The van der Waals surface area contributed by atoms with Gasteiger partial charge in [0.1, 0.15) is 0 Å². The summed E-state index contributed by atoms with van der Waals surface area (Å²) < 4.78 is 25.0. The van der Waals surface area contributed by atoms with E-state index in [4.69, 9.17) is 0 Å².